The topological polar surface area (TPSA) is 17.1 Å². The van der Waals surface area contributed by atoms with E-state index in [1.165, 1.54) is 31.5 Å². The minimum Gasteiger partial charge on any atom is -0.300 e. The molecule has 0 aliphatic carbocycles. The summed E-state index contributed by atoms with van der Waals surface area (Å²) in [5.41, 5.74) is 1.22. The number of halogens is 1. The van der Waals surface area contributed by atoms with Gasteiger partial charge in [-0.2, -0.15) is 0 Å². The van der Waals surface area contributed by atoms with E-state index in [9.17, 15) is 9.18 Å². The van der Waals surface area contributed by atoms with E-state index in [-0.39, 0.29) is 11.6 Å². The van der Waals surface area contributed by atoms with Crippen LogP contribution in [-0.2, 0) is 4.79 Å². The molecule has 84 valence electrons. The second kappa shape index (κ2) is 7.16. The average molecular weight is 210 g/mol. The minimum absolute atomic E-state index is 0.156. The predicted octanol–water partition coefficient (Wildman–Crippen LogP) is 3.93. The number of ketones is 1. The van der Waals surface area contributed by atoms with E-state index in [0.717, 1.165) is 6.42 Å². The average Bonchev–Trinajstić information content (AvgIpc) is 2.17. The van der Waals surface area contributed by atoms with Gasteiger partial charge in [0.1, 0.15) is 11.6 Å². The summed E-state index contributed by atoms with van der Waals surface area (Å²) in [6, 6.07) is 6.73. The predicted molar refractivity (Wildman–Crippen MR) is 61.5 cm³/mol. The molecule has 15 heavy (non-hydrogen) atoms. The Hall–Kier alpha value is -1.18. The lowest BCUT2D eigenvalue weighted by Crippen LogP contribution is -1.90. The molecule has 0 aliphatic rings. The van der Waals surface area contributed by atoms with Crippen LogP contribution in [0.2, 0.25) is 0 Å². The van der Waals surface area contributed by atoms with Crippen LogP contribution in [0.1, 0.15) is 45.6 Å². The van der Waals surface area contributed by atoms with Crippen molar-refractivity contribution in [1.82, 2.24) is 0 Å². The van der Waals surface area contributed by atoms with Gasteiger partial charge in [0.05, 0.1) is 0 Å². The zero-order valence-electron chi connectivity index (χ0n) is 9.88. The third-order valence-corrected chi connectivity index (χ3v) is 2.05. The van der Waals surface area contributed by atoms with Gasteiger partial charge in [0.15, 0.2) is 0 Å². The summed E-state index contributed by atoms with van der Waals surface area (Å²) in [5.74, 6) is 0.549. The highest BCUT2D eigenvalue weighted by molar-refractivity contribution is 5.72. The summed E-state index contributed by atoms with van der Waals surface area (Å²) in [7, 11) is 0. The third kappa shape index (κ3) is 6.83. The SMILES string of the molecule is CC(C)=O.CCC(C)c1ccc(F)cc1. The summed E-state index contributed by atoms with van der Waals surface area (Å²) >= 11 is 0. The second-order valence-corrected chi connectivity index (χ2v) is 3.77. The highest BCUT2D eigenvalue weighted by Crippen LogP contribution is 2.17. The van der Waals surface area contributed by atoms with E-state index < -0.39 is 0 Å². The Morgan fingerprint density at radius 1 is 1.27 bits per heavy atom. The zero-order chi connectivity index (χ0) is 11.8. The summed E-state index contributed by atoms with van der Waals surface area (Å²) < 4.78 is 12.5. The highest BCUT2D eigenvalue weighted by atomic mass is 19.1. The molecule has 1 rings (SSSR count). The molecule has 1 aromatic carbocycles. The maximum atomic E-state index is 12.5. The van der Waals surface area contributed by atoms with Crippen LogP contribution in [0.3, 0.4) is 0 Å². The van der Waals surface area contributed by atoms with Gasteiger partial charge in [0.2, 0.25) is 0 Å². The van der Waals surface area contributed by atoms with Gasteiger partial charge in [-0.3, -0.25) is 0 Å². The number of hydrogen-bond donors (Lipinski definition) is 0. The standard InChI is InChI=1S/C10H13F.C3H6O/c1-3-8(2)9-4-6-10(11)7-5-9;1-3(2)4/h4-8H,3H2,1-2H3;1-2H3. The Kier molecular flexibility index (Phi) is 6.59. The molecule has 0 fully saturated rings. The Balaban J connectivity index is 0.000000423. The summed E-state index contributed by atoms with van der Waals surface area (Å²) in [4.78, 5) is 9.44. The fourth-order valence-corrected chi connectivity index (χ4v) is 1.03. The lowest BCUT2D eigenvalue weighted by atomic mass is 9.99. The second-order valence-electron chi connectivity index (χ2n) is 3.77. The Labute approximate surface area is 91.3 Å². The first-order valence-electron chi connectivity index (χ1n) is 5.20. The van der Waals surface area contributed by atoms with Crippen molar-refractivity contribution in [1.29, 1.82) is 0 Å². The smallest absolute Gasteiger partial charge is 0.126 e. The maximum absolute atomic E-state index is 12.5. The van der Waals surface area contributed by atoms with Crippen molar-refractivity contribution in [3.8, 4) is 0 Å². The van der Waals surface area contributed by atoms with Crippen molar-refractivity contribution in [2.24, 2.45) is 0 Å². The zero-order valence-corrected chi connectivity index (χ0v) is 9.88. The molecule has 1 unspecified atom stereocenters. The van der Waals surface area contributed by atoms with Crippen LogP contribution in [0.4, 0.5) is 4.39 Å². The fourth-order valence-electron chi connectivity index (χ4n) is 1.03. The monoisotopic (exact) mass is 210 g/mol. The van der Waals surface area contributed by atoms with E-state index >= 15 is 0 Å². The Morgan fingerprint density at radius 2 is 1.67 bits per heavy atom. The fraction of sp³-hybridized carbons (Fsp3) is 0.462. The van der Waals surface area contributed by atoms with Gasteiger partial charge in [-0.25, -0.2) is 4.39 Å². The highest BCUT2D eigenvalue weighted by Gasteiger charge is 2.01. The van der Waals surface area contributed by atoms with Crippen LogP contribution in [-0.4, -0.2) is 5.78 Å². The van der Waals surface area contributed by atoms with Crippen LogP contribution in [0.15, 0.2) is 24.3 Å². The molecule has 0 heterocycles. The molecular formula is C13H19FO. The van der Waals surface area contributed by atoms with Crippen molar-refractivity contribution in [2.75, 3.05) is 0 Å². The quantitative estimate of drug-likeness (QED) is 0.722. The van der Waals surface area contributed by atoms with Crippen molar-refractivity contribution in [2.45, 2.75) is 40.0 Å². The Morgan fingerprint density at radius 3 is 2.00 bits per heavy atom. The van der Waals surface area contributed by atoms with Gasteiger partial charge in [-0.15, -0.1) is 0 Å². The molecule has 0 N–H and O–H groups in total. The molecule has 2 heteroatoms. The first kappa shape index (κ1) is 13.8. The molecule has 0 spiro atoms. The number of Topliss-reactive ketones (excluding diaryl/α,β-unsaturated/α-hetero) is 1. The van der Waals surface area contributed by atoms with Gasteiger partial charge >= 0.3 is 0 Å². The maximum Gasteiger partial charge on any atom is 0.126 e. The molecule has 0 bridgehead atoms. The Bertz CT molecular complexity index is 286. The summed E-state index contributed by atoms with van der Waals surface area (Å²) in [6.07, 6.45) is 1.10. The van der Waals surface area contributed by atoms with Crippen LogP contribution in [0.5, 0.6) is 0 Å². The molecule has 1 nitrogen and oxygen atoms in total. The molecule has 0 saturated carbocycles. The number of hydrogen-bond acceptors (Lipinski definition) is 1. The largest absolute Gasteiger partial charge is 0.300 e. The molecule has 0 amide bonds. The van der Waals surface area contributed by atoms with E-state index in [2.05, 4.69) is 13.8 Å². The van der Waals surface area contributed by atoms with Crippen molar-refractivity contribution in [3.63, 3.8) is 0 Å². The molecule has 0 saturated heterocycles. The molecule has 1 aromatic rings. The molecule has 0 radical (unpaired) electrons. The van der Waals surface area contributed by atoms with E-state index in [1.54, 1.807) is 0 Å². The molecular weight excluding hydrogens is 191 g/mol. The number of rotatable bonds is 2. The van der Waals surface area contributed by atoms with Crippen LogP contribution < -0.4 is 0 Å². The molecule has 1 atom stereocenters. The normalized spacial score (nSPS) is 11.3. The number of carbonyl (C=O) groups excluding carboxylic acids is 1. The van der Waals surface area contributed by atoms with Crippen molar-refractivity contribution < 1.29 is 9.18 Å². The third-order valence-electron chi connectivity index (χ3n) is 2.05. The van der Waals surface area contributed by atoms with Crippen LogP contribution in [0.25, 0.3) is 0 Å². The minimum atomic E-state index is -0.156. The molecule has 0 aliphatic heterocycles. The van der Waals surface area contributed by atoms with Crippen LogP contribution >= 0.6 is 0 Å². The van der Waals surface area contributed by atoms with Gasteiger partial charge in [0.25, 0.3) is 0 Å². The van der Waals surface area contributed by atoms with Crippen molar-refractivity contribution >= 4 is 5.78 Å². The van der Waals surface area contributed by atoms with Gasteiger partial charge in [-0.1, -0.05) is 26.0 Å². The first-order valence-corrected chi connectivity index (χ1v) is 5.20. The number of carbonyl (C=O) groups is 1. The van der Waals surface area contributed by atoms with Gasteiger partial charge < -0.3 is 4.79 Å². The van der Waals surface area contributed by atoms with E-state index in [4.69, 9.17) is 0 Å². The first-order chi connectivity index (χ1) is 6.97. The number of benzene rings is 1. The summed E-state index contributed by atoms with van der Waals surface area (Å²) in [6.45, 7) is 7.33. The lowest BCUT2D eigenvalue weighted by Gasteiger charge is -2.07. The van der Waals surface area contributed by atoms with E-state index in [1.807, 2.05) is 12.1 Å². The summed E-state index contributed by atoms with van der Waals surface area (Å²) in [5, 5.41) is 0. The van der Waals surface area contributed by atoms with Gasteiger partial charge in [0, 0.05) is 0 Å². The van der Waals surface area contributed by atoms with E-state index in [0.29, 0.717) is 5.92 Å². The molecule has 0 aromatic heterocycles. The lowest BCUT2D eigenvalue weighted by molar-refractivity contribution is -0.114. The van der Waals surface area contributed by atoms with Gasteiger partial charge in [-0.05, 0) is 43.9 Å². The van der Waals surface area contributed by atoms with Crippen molar-refractivity contribution in [3.05, 3.63) is 35.6 Å². The van der Waals surface area contributed by atoms with Crippen LogP contribution in [0, 0.1) is 5.82 Å².